The molecule has 0 aliphatic carbocycles. The number of ether oxygens (including phenoxy) is 1. The molecule has 1 saturated heterocycles. The molecule has 0 unspecified atom stereocenters. The van der Waals surface area contributed by atoms with E-state index < -0.39 is 0 Å². The van der Waals surface area contributed by atoms with Crippen molar-refractivity contribution in [2.45, 2.75) is 45.6 Å². The summed E-state index contributed by atoms with van der Waals surface area (Å²) in [4.78, 5) is 24.1. The van der Waals surface area contributed by atoms with Crippen LogP contribution in [-0.4, -0.2) is 45.5 Å². The Labute approximate surface area is 177 Å². The molecule has 3 aromatic rings. The van der Waals surface area contributed by atoms with Gasteiger partial charge in [-0.1, -0.05) is 32.0 Å². The molecule has 4 rings (SSSR count). The summed E-state index contributed by atoms with van der Waals surface area (Å²) in [6.45, 7) is 6.87. The lowest BCUT2D eigenvalue weighted by Gasteiger charge is -2.18. The minimum absolute atomic E-state index is 0.205. The second kappa shape index (κ2) is 8.86. The number of rotatable bonds is 7. The second-order valence-electron chi connectivity index (χ2n) is 8.48. The summed E-state index contributed by atoms with van der Waals surface area (Å²) in [5.74, 6) is 2.93. The number of aromatic nitrogens is 3. The molecule has 0 bridgehead atoms. The van der Waals surface area contributed by atoms with Gasteiger partial charge in [-0.05, 0) is 36.5 Å². The van der Waals surface area contributed by atoms with E-state index in [1.165, 1.54) is 0 Å². The van der Waals surface area contributed by atoms with Gasteiger partial charge in [0.2, 0.25) is 5.91 Å². The summed E-state index contributed by atoms with van der Waals surface area (Å²) in [6, 6.07) is 9.89. The smallest absolute Gasteiger partial charge is 0.222 e. The molecule has 1 aliphatic heterocycles. The van der Waals surface area contributed by atoms with Gasteiger partial charge in [0, 0.05) is 38.2 Å². The van der Waals surface area contributed by atoms with Crippen molar-refractivity contribution in [1.29, 1.82) is 0 Å². The molecule has 0 radical (unpaired) electrons. The van der Waals surface area contributed by atoms with Crippen LogP contribution in [-0.2, 0) is 17.8 Å². The summed E-state index contributed by atoms with van der Waals surface area (Å²) in [7, 11) is 1.67. The van der Waals surface area contributed by atoms with Gasteiger partial charge in [0.15, 0.2) is 0 Å². The van der Waals surface area contributed by atoms with E-state index in [0.29, 0.717) is 18.8 Å². The Balaban J connectivity index is 1.46. The number of pyridine rings is 1. The first kappa shape index (κ1) is 20.4. The molecule has 6 heteroatoms. The number of aryl methyl sites for hydroxylation is 1. The normalized spacial score (nSPS) is 16.5. The maximum atomic E-state index is 12.9. The second-order valence-corrected chi connectivity index (χ2v) is 8.48. The number of carbonyl (C=O) groups is 1. The van der Waals surface area contributed by atoms with Crippen LogP contribution >= 0.6 is 0 Å². The van der Waals surface area contributed by atoms with Crippen molar-refractivity contribution in [2.24, 2.45) is 5.92 Å². The third kappa shape index (κ3) is 4.18. The van der Waals surface area contributed by atoms with Gasteiger partial charge in [0.1, 0.15) is 11.6 Å². The van der Waals surface area contributed by atoms with Crippen LogP contribution in [0.4, 0.5) is 0 Å². The van der Waals surface area contributed by atoms with E-state index >= 15 is 0 Å². The number of fused-ring (bicyclic) bond motifs is 1. The molecular weight excluding hydrogens is 376 g/mol. The number of imidazole rings is 1. The molecule has 1 fully saturated rings. The van der Waals surface area contributed by atoms with Crippen LogP contribution in [0.5, 0.6) is 5.75 Å². The average Bonchev–Trinajstić information content (AvgIpc) is 3.37. The third-order valence-electron chi connectivity index (χ3n) is 5.83. The Kier molecular flexibility index (Phi) is 6.02. The summed E-state index contributed by atoms with van der Waals surface area (Å²) in [6.07, 6.45) is 5.84. The van der Waals surface area contributed by atoms with E-state index in [9.17, 15) is 4.79 Å². The SMILES string of the molecule is COc1ccccc1CCC(=O)N1CC[C@@H](c2nc3ccncc3n2CC(C)C)C1. The van der Waals surface area contributed by atoms with Gasteiger partial charge in [-0.15, -0.1) is 0 Å². The van der Waals surface area contributed by atoms with Crippen LogP contribution in [0.2, 0.25) is 0 Å². The molecule has 3 heterocycles. The Morgan fingerprint density at radius 1 is 1.27 bits per heavy atom. The number of amides is 1. The highest BCUT2D eigenvalue weighted by atomic mass is 16.5. The number of methoxy groups -OCH3 is 1. The Hall–Kier alpha value is -2.89. The van der Waals surface area contributed by atoms with Crippen molar-refractivity contribution < 1.29 is 9.53 Å². The zero-order chi connectivity index (χ0) is 21.1. The fourth-order valence-electron chi connectivity index (χ4n) is 4.36. The van der Waals surface area contributed by atoms with E-state index in [4.69, 9.17) is 9.72 Å². The van der Waals surface area contributed by atoms with Crippen LogP contribution in [0, 0.1) is 5.92 Å². The molecular formula is C24H30N4O2. The standard InChI is InChI=1S/C24H30N4O2/c1-17(2)15-28-21-14-25-12-10-20(21)26-24(28)19-11-13-27(16-19)23(29)9-8-18-6-4-5-7-22(18)30-3/h4-7,10,12,14,17,19H,8-9,11,13,15-16H2,1-3H3/t19-/m1/s1. The van der Waals surface area contributed by atoms with Crippen molar-refractivity contribution in [3.8, 4) is 5.75 Å². The summed E-state index contributed by atoms with van der Waals surface area (Å²) in [5.41, 5.74) is 3.15. The van der Waals surface area contributed by atoms with Crippen LogP contribution in [0.25, 0.3) is 11.0 Å². The number of nitrogens with zero attached hydrogens (tertiary/aromatic N) is 4. The molecule has 1 amide bonds. The molecule has 1 aliphatic rings. The fourth-order valence-corrected chi connectivity index (χ4v) is 4.36. The quantitative estimate of drug-likeness (QED) is 0.594. The van der Waals surface area contributed by atoms with Crippen molar-refractivity contribution in [2.75, 3.05) is 20.2 Å². The monoisotopic (exact) mass is 406 g/mol. The maximum absolute atomic E-state index is 12.9. The number of carbonyl (C=O) groups excluding carboxylic acids is 1. The van der Waals surface area contributed by atoms with Crippen molar-refractivity contribution in [3.63, 3.8) is 0 Å². The third-order valence-corrected chi connectivity index (χ3v) is 5.83. The number of likely N-dealkylation sites (tertiary alicyclic amines) is 1. The summed E-state index contributed by atoms with van der Waals surface area (Å²) >= 11 is 0. The molecule has 1 atom stereocenters. The molecule has 1 aromatic carbocycles. The van der Waals surface area contributed by atoms with E-state index in [1.54, 1.807) is 13.3 Å². The van der Waals surface area contributed by atoms with E-state index in [1.807, 2.05) is 41.4 Å². The Bertz CT molecular complexity index is 1030. The van der Waals surface area contributed by atoms with Crippen LogP contribution in [0.3, 0.4) is 0 Å². The first-order valence-electron chi connectivity index (χ1n) is 10.8. The van der Waals surface area contributed by atoms with Gasteiger partial charge in [0.25, 0.3) is 0 Å². The summed E-state index contributed by atoms with van der Waals surface area (Å²) in [5, 5.41) is 0. The van der Waals surface area contributed by atoms with Gasteiger partial charge in [-0.3, -0.25) is 9.78 Å². The lowest BCUT2D eigenvalue weighted by molar-refractivity contribution is -0.130. The molecule has 6 nitrogen and oxygen atoms in total. The first-order chi connectivity index (χ1) is 14.6. The highest BCUT2D eigenvalue weighted by molar-refractivity contribution is 5.77. The van der Waals surface area contributed by atoms with Crippen LogP contribution < -0.4 is 4.74 Å². The van der Waals surface area contributed by atoms with E-state index in [-0.39, 0.29) is 11.8 Å². The molecule has 158 valence electrons. The van der Waals surface area contributed by atoms with Crippen molar-refractivity contribution in [3.05, 3.63) is 54.1 Å². The molecule has 0 N–H and O–H groups in total. The lowest BCUT2D eigenvalue weighted by Crippen LogP contribution is -2.29. The highest BCUT2D eigenvalue weighted by Gasteiger charge is 2.31. The van der Waals surface area contributed by atoms with Crippen molar-refractivity contribution in [1.82, 2.24) is 19.4 Å². The topological polar surface area (TPSA) is 60.2 Å². The van der Waals surface area contributed by atoms with Gasteiger partial charge >= 0.3 is 0 Å². The van der Waals surface area contributed by atoms with E-state index in [0.717, 1.165) is 54.2 Å². The Morgan fingerprint density at radius 3 is 2.90 bits per heavy atom. The molecule has 2 aromatic heterocycles. The van der Waals surface area contributed by atoms with Crippen LogP contribution in [0.1, 0.15) is 44.0 Å². The maximum Gasteiger partial charge on any atom is 0.222 e. The number of para-hydroxylation sites is 1. The number of hydrogen-bond acceptors (Lipinski definition) is 4. The summed E-state index contributed by atoms with van der Waals surface area (Å²) < 4.78 is 7.72. The lowest BCUT2D eigenvalue weighted by atomic mass is 10.1. The fraction of sp³-hybridized carbons (Fsp3) is 0.458. The predicted octanol–water partition coefficient (Wildman–Crippen LogP) is 4.04. The van der Waals surface area contributed by atoms with Gasteiger partial charge < -0.3 is 14.2 Å². The molecule has 30 heavy (non-hydrogen) atoms. The van der Waals surface area contributed by atoms with E-state index in [2.05, 4.69) is 23.4 Å². The largest absolute Gasteiger partial charge is 0.496 e. The Morgan fingerprint density at radius 2 is 2.10 bits per heavy atom. The predicted molar refractivity (Wildman–Crippen MR) is 118 cm³/mol. The molecule has 0 spiro atoms. The zero-order valence-electron chi connectivity index (χ0n) is 18.0. The average molecular weight is 407 g/mol. The van der Waals surface area contributed by atoms with Gasteiger partial charge in [-0.2, -0.15) is 0 Å². The number of hydrogen-bond donors (Lipinski definition) is 0. The zero-order valence-corrected chi connectivity index (χ0v) is 18.0. The van der Waals surface area contributed by atoms with Crippen LogP contribution in [0.15, 0.2) is 42.7 Å². The van der Waals surface area contributed by atoms with Gasteiger partial charge in [-0.25, -0.2) is 4.98 Å². The number of benzene rings is 1. The minimum Gasteiger partial charge on any atom is -0.496 e. The highest BCUT2D eigenvalue weighted by Crippen LogP contribution is 2.30. The van der Waals surface area contributed by atoms with Crippen molar-refractivity contribution >= 4 is 16.9 Å². The van der Waals surface area contributed by atoms with Gasteiger partial charge in [0.05, 0.1) is 24.3 Å². The molecule has 0 saturated carbocycles. The first-order valence-corrected chi connectivity index (χ1v) is 10.8. The minimum atomic E-state index is 0.205.